The highest BCUT2D eigenvalue weighted by Crippen LogP contribution is 2.30. The number of rotatable bonds is 2. The first-order valence-electron chi connectivity index (χ1n) is 6.58. The van der Waals surface area contributed by atoms with Crippen molar-refractivity contribution < 1.29 is 13.3 Å². The molecule has 0 spiro atoms. The SMILES string of the molecule is [CH2-][NH+]1CCC(C2CCN(S(C)(=O)=O)CC2)CC1. The number of nitrogens with zero attached hydrogens (tertiary/aromatic N) is 1. The highest BCUT2D eigenvalue weighted by Gasteiger charge is 2.31. The van der Waals surface area contributed by atoms with Crippen LogP contribution >= 0.6 is 0 Å². The molecule has 0 aromatic heterocycles. The fraction of sp³-hybridized carbons (Fsp3) is 0.917. The van der Waals surface area contributed by atoms with E-state index in [4.69, 9.17) is 0 Å². The van der Waals surface area contributed by atoms with Gasteiger partial charge >= 0.3 is 0 Å². The number of nitrogens with one attached hydrogen (secondary N) is 1. The van der Waals surface area contributed by atoms with E-state index in [0.29, 0.717) is 0 Å². The van der Waals surface area contributed by atoms with Gasteiger partial charge < -0.3 is 4.90 Å². The lowest BCUT2D eigenvalue weighted by Crippen LogP contribution is -3.08. The lowest BCUT2D eigenvalue weighted by Gasteiger charge is -2.39. The maximum absolute atomic E-state index is 11.4. The third-order valence-corrected chi connectivity index (χ3v) is 5.67. The summed E-state index contributed by atoms with van der Waals surface area (Å²) in [6, 6.07) is 0. The third-order valence-electron chi connectivity index (χ3n) is 4.37. The summed E-state index contributed by atoms with van der Waals surface area (Å²) in [6.45, 7) is 3.80. The first-order chi connectivity index (χ1) is 7.97. The average Bonchev–Trinajstić information content (AvgIpc) is 2.29. The fourth-order valence-electron chi connectivity index (χ4n) is 3.20. The van der Waals surface area contributed by atoms with Crippen molar-refractivity contribution in [1.29, 1.82) is 0 Å². The largest absolute Gasteiger partial charge is 0.468 e. The van der Waals surface area contributed by atoms with E-state index in [2.05, 4.69) is 7.05 Å². The molecule has 2 rings (SSSR count). The van der Waals surface area contributed by atoms with Crippen LogP contribution in [0.3, 0.4) is 0 Å². The van der Waals surface area contributed by atoms with Crippen molar-refractivity contribution in [3.63, 3.8) is 0 Å². The lowest BCUT2D eigenvalue weighted by atomic mass is 9.79. The van der Waals surface area contributed by atoms with Crippen molar-refractivity contribution in [1.82, 2.24) is 4.31 Å². The molecule has 0 saturated carbocycles. The van der Waals surface area contributed by atoms with Crippen LogP contribution in [-0.4, -0.2) is 45.2 Å². The Balaban J connectivity index is 1.83. The Kier molecular flexibility index (Phi) is 4.10. The molecule has 4 nitrogen and oxygen atoms in total. The topological polar surface area (TPSA) is 41.8 Å². The molecule has 0 amide bonds. The monoisotopic (exact) mass is 260 g/mol. The van der Waals surface area contributed by atoms with Crippen LogP contribution in [0.15, 0.2) is 0 Å². The second kappa shape index (κ2) is 5.24. The van der Waals surface area contributed by atoms with Gasteiger partial charge in [-0.25, -0.2) is 12.7 Å². The van der Waals surface area contributed by atoms with Crippen LogP contribution in [-0.2, 0) is 10.0 Å². The lowest BCUT2D eigenvalue weighted by molar-refractivity contribution is -0.860. The Morgan fingerprint density at radius 3 is 2.00 bits per heavy atom. The minimum Gasteiger partial charge on any atom is -0.468 e. The van der Waals surface area contributed by atoms with Crippen molar-refractivity contribution in [2.24, 2.45) is 11.8 Å². The molecule has 5 heteroatoms. The van der Waals surface area contributed by atoms with Crippen LogP contribution in [0.2, 0.25) is 0 Å². The van der Waals surface area contributed by atoms with Gasteiger partial charge in [-0.3, -0.25) is 0 Å². The summed E-state index contributed by atoms with van der Waals surface area (Å²) in [5, 5.41) is 0. The van der Waals surface area contributed by atoms with E-state index in [0.717, 1.165) is 37.8 Å². The third kappa shape index (κ3) is 3.42. The van der Waals surface area contributed by atoms with E-state index in [9.17, 15) is 8.42 Å². The van der Waals surface area contributed by atoms with Gasteiger partial charge in [-0.05, 0) is 37.5 Å². The van der Waals surface area contributed by atoms with E-state index in [1.807, 2.05) is 0 Å². The number of sulfonamides is 1. The van der Waals surface area contributed by atoms with E-state index in [1.54, 1.807) is 4.31 Å². The van der Waals surface area contributed by atoms with Gasteiger partial charge in [-0.2, -0.15) is 7.05 Å². The molecule has 0 aromatic carbocycles. The summed E-state index contributed by atoms with van der Waals surface area (Å²) >= 11 is 0. The smallest absolute Gasteiger partial charge is 0.211 e. The summed E-state index contributed by atoms with van der Waals surface area (Å²) in [6.07, 6.45) is 5.94. The van der Waals surface area contributed by atoms with E-state index in [-0.39, 0.29) is 0 Å². The molecule has 0 bridgehead atoms. The molecular weight excluding hydrogens is 236 g/mol. The molecule has 0 radical (unpaired) electrons. The molecule has 2 aliphatic heterocycles. The van der Waals surface area contributed by atoms with Crippen LogP contribution in [0.1, 0.15) is 25.7 Å². The van der Waals surface area contributed by atoms with E-state index in [1.165, 1.54) is 37.1 Å². The summed E-state index contributed by atoms with van der Waals surface area (Å²) in [4.78, 5) is 1.40. The zero-order valence-electron chi connectivity index (χ0n) is 10.7. The zero-order chi connectivity index (χ0) is 12.5. The van der Waals surface area contributed by atoms with E-state index < -0.39 is 10.0 Å². The molecule has 2 heterocycles. The van der Waals surface area contributed by atoms with Crippen LogP contribution in [0.4, 0.5) is 0 Å². The molecule has 0 atom stereocenters. The normalized spacial score (nSPS) is 33.8. The molecule has 2 fully saturated rings. The molecule has 0 unspecified atom stereocenters. The predicted octanol–water partition coefficient (Wildman–Crippen LogP) is -0.256. The second-order valence-corrected chi connectivity index (χ2v) is 7.57. The molecular formula is C12H24N2O2S. The standard InChI is InChI=1S/C12H24N2O2S/c1-13-7-3-11(4-8-13)12-5-9-14(10-6-12)17(2,15)16/h11-13H,1,3-10H2,2H3. The van der Waals surface area contributed by atoms with Crippen LogP contribution in [0.5, 0.6) is 0 Å². The Labute approximate surface area is 105 Å². The van der Waals surface area contributed by atoms with Gasteiger partial charge in [-0.1, -0.05) is 0 Å². The van der Waals surface area contributed by atoms with Crippen molar-refractivity contribution >= 4 is 10.0 Å². The van der Waals surface area contributed by atoms with Crippen LogP contribution in [0.25, 0.3) is 0 Å². The van der Waals surface area contributed by atoms with Gasteiger partial charge in [0.15, 0.2) is 0 Å². The van der Waals surface area contributed by atoms with Crippen molar-refractivity contribution in [2.75, 3.05) is 32.4 Å². The Hall–Kier alpha value is -0.130. The molecule has 17 heavy (non-hydrogen) atoms. The van der Waals surface area contributed by atoms with Gasteiger partial charge in [0, 0.05) is 13.1 Å². The van der Waals surface area contributed by atoms with Gasteiger partial charge in [-0.15, -0.1) is 0 Å². The number of piperidine rings is 2. The Morgan fingerprint density at radius 2 is 1.53 bits per heavy atom. The van der Waals surface area contributed by atoms with E-state index >= 15 is 0 Å². The molecule has 100 valence electrons. The van der Waals surface area contributed by atoms with Gasteiger partial charge in [0.1, 0.15) is 0 Å². The minimum atomic E-state index is -2.97. The molecule has 1 N–H and O–H groups in total. The Morgan fingerprint density at radius 1 is 1.06 bits per heavy atom. The van der Waals surface area contributed by atoms with Gasteiger partial charge in [0.25, 0.3) is 0 Å². The first-order valence-corrected chi connectivity index (χ1v) is 8.43. The average molecular weight is 260 g/mol. The Bertz CT molecular complexity index is 340. The number of quaternary nitrogens is 1. The molecule has 2 saturated heterocycles. The predicted molar refractivity (Wildman–Crippen MR) is 67.9 cm³/mol. The molecule has 0 aliphatic carbocycles. The fourth-order valence-corrected chi connectivity index (χ4v) is 4.07. The summed E-state index contributed by atoms with van der Waals surface area (Å²) < 4.78 is 24.5. The first kappa shape index (κ1) is 13.3. The summed E-state index contributed by atoms with van der Waals surface area (Å²) in [5.74, 6) is 1.54. The van der Waals surface area contributed by atoms with Crippen molar-refractivity contribution in [3.8, 4) is 0 Å². The minimum absolute atomic E-state index is 0.723. The van der Waals surface area contributed by atoms with Crippen LogP contribution in [0, 0.1) is 18.9 Å². The van der Waals surface area contributed by atoms with Gasteiger partial charge in [0.05, 0.1) is 19.3 Å². The van der Waals surface area contributed by atoms with Crippen molar-refractivity contribution in [2.45, 2.75) is 25.7 Å². The maximum atomic E-state index is 11.4. The number of hydrogen-bond donors (Lipinski definition) is 1. The molecule has 0 aromatic rings. The second-order valence-electron chi connectivity index (χ2n) is 5.59. The van der Waals surface area contributed by atoms with Crippen molar-refractivity contribution in [3.05, 3.63) is 7.05 Å². The highest BCUT2D eigenvalue weighted by molar-refractivity contribution is 7.88. The highest BCUT2D eigenvalue weighted by atomic mass is 32.2. The number of likely N-dealkylation sites (tertiary alicyclic amines) is 1. The quantitative estimate of drug-likeness (QED) is 0.695. The zero-order valence-corrected chi connectivity index (χ0v) is 11.5. The number of hydrogen-bond acceptors (Lipinski definition) is 2. The van der Waals surface area contributed by atoms with Crippen LogP contribution < -0.4 is 4.90 Å². The maximum Gasteiger partial charge on any atom is 0.211 e. The summed E-state index contributed by atoms with van der Waals surface area (Å²) in [7, 11) is 1.08. The molecule has 2 aliphatic rings. The van der Waals surface area contributed by atoms with Gasteiger partial charge in [0.2, 0.25) is 10.0 Å². The summed E-state index contributed by atoms with van der Waals surface area (Å²) in [5.41, 5.74) is 0.